The van der Waals surface area contributed by atoms with Crippen molar-refractivity contribution in [2.75, 3.05) is 47.9 Å². The molecule has 4 rings (SSSR count). The van der Waals surface area contributed by atoms with Gasteiger partial charge in [-0.05, 0) is 107 Å². The van der Waals surface area contributed by atoms with Crippen LogP contribution in [0.3, 0.4) is 0 Å². The van der Waals surface area contributed by atoms with Crippen LogP contribution >= 0.6 is 0 Å². The van der Waals surface area contributed by atoms with Crippen molar-refractivity contribution < 1.29 is 63.2 Å². The summed E-state index contributed by atoms with van der Waals surface area (Å²) in [4.78, 5) is 36.5. The van der Waals surface area contributed by atoms with Gasteiger partial charge >= 0.3 is 11.9 Å². The summed E-state index contributed by atoms with van der Waals surface area (Å²) in [6, 6.07) is 4.85. The van der Waals surface area contributed by atoms with Crippen LogP contribution in [0.15, 0.2) is 24.4 Å². The lowest BCUT2D eigenvalue weighted by Crippen LogP contribution is -2.61. The van der Waals surface area contributed by atoms with E-state index >= 15 is 0 Å². The Morgan fingerprint density at radius 1 is 1.00 bits per heavy atom. The van der Waals surface area contributed by atoms with Crippen LogP contribution in [0.5, 0.6) is 0 Å². The molecule has 0 spiro atoms. The number of aromatic nitrogens is 1. The number of carbonyl (C=O) groups is 2. The molecule has 17 heteroatoms. The number of aliphatic hydroxyl groups is 4. The summed E-state index contributed by atoms with van der Waals surface area (Å²) in [7, 11) is 7.14. The summed E-state index contributed by atoms with van der Waals surface area (Å²) in [6.07, 6.45) is -6.10. The van der Waals surface area contributed by atoms with Crippen LogP contribution in [0.4, 0.5) is 0 Å². The lowest BCUT2D eigenvalue weighted by Gasteiger charge is -2.48. The molecule has 1 aromatic rings. The number of esters is 2. The van der Waals surface area contributed by atoms with Crippen molar-refractivity contribution in [3.8, 4) is 0 Å². The van der Waals surface area contributed by atoms with E-state index in [1.807, 2.05) is 76.8 Å². The fraction of sp³-hybridized carbons (Fsp3) is 0.854. The topological polar surface area (TPSA) is 211 Å². The first-order chi connectivity index (χ1) is 30.4. The van der Waals surface area contributed by atoms with Crippen LogP contribution in [0, 0.1) is 17.8 Å². The molecule has 0 bridgehead atoms. The van der Waals surface area contributed by atoms with E-state index in [-0.39, 0.29) is 43.7 Å². The van der Waals surface area contributed by atoms with E-state index in [2.05, 4.69) is 10.3 Å². The molecule has 18 atom stereocenters. The second kappa shape index (κ2) is 23.8. The van der Waals surface area contributed by atoms with Crippen LogP contribution in [-0.4, -0.2) is 185 Å². The smallest absolute Gasteiger partial charge is 0.311 e. The summed E-state index contributed by atoms with van der Waals surface area (Å²) < 4.78 is 44.4. The van der Waals surface area contributed by atoms with Gasteiger partial charge < -0.3 is 63.8 Å². The normalized spacial score (nSPS) is 41.9. The molecule has 65 heavy (non-hydrogen) atoms. The highest BCUT2D eigenvalue weighted by molar-refractivity contribution is 5.73. The first kappa shape index (κ1) is 55.2. The molecule has 3 saturated heterocycles. The Balaban J connectivity index is 1.73. The van der Waals surface area contributed by atoms with E-state index in [4.69, 9.17) is 33.2 Å². The number of rotatable bonds is 14. The van der Waals surface area contributed by atoms with Gasteiger partial charge in [0.15, 0.2) is 12.6 Å². The lowest BCUT2D eigenvalue weighted by molar-refractivity contribution is -0.318. The summed E-state index contributed by atoms with van der Waals surface area (Å²) >= 11 is 0. The van der Waals surface area contributed by atoms with Gasteiger partial charge in [0.2, 0.25) is 0 Å². The number of cyclic esters (lactones) is 1. The van der Waals surface area contributed by atoms with Crippen LogP contribution in [0.2, 0.25) is 0 Å². The van der Waals surface area contributed by atoms with Gasteiger partial charge in [-0.1, -0.05) is 26.8 Å². The fourth-order valence-corrected chi connectivity index (χ4v) is 10.2. The SMILES string of the molecule is CC[C@H]1OC(=O)[C@H](C)[C@@H](O[C@H]2C[C@@](C)(OC)[C@@H](O)[C@H](C)O2)[C@H](C)[C@@H](O[C@@H]2O[C@H](C)C[C@H](N(C)C)[C@H]2O)[C@@](C)(O)C[C@@H](C)CN(C)[C@H](C)[C@@H](OC(=O)CCNCCc2ccccn2)[C@]1(C)O. The zero-order chi connectivity index (χ0) is 48.6. The van der Waals surface area contributed by atoms with E-state index in [0.717, 1.165) is 5.69 Å². The summed E-state index contributed by atoms with van der Waals surface area (Å²) in [5, 5.41) is 51.3. The number of methoxy groups -OCH3 is 1. The van der Waals surface area contributed by atoms with Gasteiger partial charge in [0.25, 0.3) is 0 Å². The zero-order valence-corrected chi connectivity index (χ0v) is 41.6. The Hall–Kier alpha value is -2.39. The Kier molecular flexibility index (Phi) is 20.2. The van der Waals surface area contributed by atoms with Crippen molar-refractivity contribution >= 4 is 11.9 Å². The number of nitrogens with one attached hydrogen (secondary N) is 1. The highest BCUT2D eigenvalue weighted by Gasteiger charge is 2.53. The molecule has 3 aliphatic rings. The monoisotopic (exact) mass is 925 g/mol. The fourth-order valence-electron chi connectivity index (χ4n) is 10.2. The highest BCUT2D eigenvalue weighted by atomic mass is 16.7. The van der Waals surface area contributed by atoms with Gasteiger partial charge in [-0.15, -0.1) is 0 Å². The van der Waals surface area contributed by atoms with E-state index < -0.39 is 102 Å². The Morgan fingerprint density at radius 2 is 1.69 bits per heavy atom. The number of hydrogen-bond acceptors (Lipinski definition) is 17. The first-order valence-electron chi connectivity index (χ1n) is 23.7. The largest absolute Gasteiger partial charge is 0.459 e. The quantitative estimate of drug-likeness (QED) is 0.134. The van der Waals surface area contributed by atoms with Crippen molar-refractivity contribution in [1.29, 1.82) is 0 Å². The molecule has 0 amide bonds. The number of aliphatic hydroxyl groups excluding tert-OH is 2. The maximum atomic E-state index is 14.7. The predicted molar refractivity (Wildman–Crippen MR) is 243 cm³/mol. The van der Waals surface area contributed by atoms with Gasteiger partial charge in [-0.3, -0.25) is 19.5 Å². The molecule has 3 fully saturated rings. The molecule has 0 aromatic carbocycles. The molecule has 5 N–H and O–H groups in total. The third-order valence-corrected chi connectivity index (χ3v) is 14.2. The molecule has 1 aromatic heterocycles. The number of carbonyl (C=O) groups excluding carboxylic acids is 2. The number of hydrogen-bond donors (Lipinski definition) is 5. The number of nitrogens with zero attached hydrogens (tertiary/aromatic N) is 3. The van der Waals surface area contributed by atoms with E-state index in [9.17, 15) is 30.0 Å². The molecule has 0 radical (unpaired) electrons. The number of likely N-dealkylation sites (N-methyl/N-ethyl adjacent to an activating group) is 2. The molecule has 17 nitrogen and oxygen atoms in total. The lowest BCUT2D eigenvalue weighted by atomic mass is 9.77. The molecule has 3 aliphatic heterocycles. The Labute approximate surface area is 388 Å². The van der Waals surface area contributed by atoms with Crippen molar-refractivity contribution in [2.24, 2.45) is 17.8 Å². The Bertz CT molecular complexity index is 1620. The minimum atomic E-state index is -1.87. The first-order valence-corrected chi connectivity index (χ1v) is 23.7. The second-order valence-electron chi connectivity index (χ2n) is 20.2. The van der Waals surface area contributed by atoms with Crippen LogP contribution in [0.25, 0.3) is 0 Å². The molecule has 0 saturated carbocycles. The highest BCUT2D eigenvalue weighted by Crippen LogP contribution is 2.40. The molecule has 0 unspecified atom stereocenters. The van der Waals surface area contributed by atoms with Crippen LogP contribution < -0.4 is 5.32 Å². The van der Waals surface area contributed by atoms with Crippen molar-refractivity contribution in [2.45, 2.75) is 198 Å². The molecule has 374 valence electrons. The third-order valence-electron chi connectivity index (χ3n) is 14.2. The van der Waals surface area contributed by atoms with Crippen LogP contribution in [0.1, 0.15) is 107 Å². The maximum absolute atomic E-state index is 14.7. The van der Waals surface area contributed by atoms with Gasteiger partial charge in [-0.2, -0.15) is 0 Å². The molecular formula is C48H84N4O13. The third kappa shape index (κ3) is 14.1. The van der Waals surface area contributed by atoms with Crippen molar-refractivity contribution in [3.63, 3.8) is 0 Å². The number of ether oxygens (including phenoxy) is 7. The van der Waals surface area contributed by atoms with Gasteiger partial charge in [0.1, 0.15) is 30.0 Å². The maximum Gasteiger partial charge on any atom is 0.311 e. The van der Waals surface area contributed by atoms with E-state index in [1.165, 1.54) is 14.0 Å². The zero-order valence-electron chi connectivity index (χ0n) is 41.6. The summed E-state index contributed by atoms with van der Waals surface area (Å²) in [5.41, 5.74) is -3.60. The second-order valence-corrected chi connectivity index (χ2v) is 20.2. The minimum absolute atomic E-state index is 0.0326. The molecule has 4 heterocycles. The summed E-state index contributed by atoms with van der Waals surface area (Å²) in [6.45, 7) is 19.1. The van der Waals surface area contributed by atoms with Gasteiger partial charge in [0.05, 0.1) is 48.0 Å². The number of pyridine rings is 1. The van der Waals surface area contributed by atoms with E-state index in [1.54, 1.807) is 40.8 Å². The molecule has 0 aliphatic carbocycles. The van der Waals surface area contributed by atoms with Crippen molar-refractivity contribution in [3.05, 3.63) is 30.1 Å². The minimum Gasteiger partial charge on any atom is -0.459 e. The average Bonchev–Trinajstić information content (AvgIpc) is 3.24. The Morgan fingerprint density at radius 3 is 2.31 bits per heavy atom. The average molecular weight is 925 g/mol. The van der Waals surface area contributed by atoms with Gasteiger partial charge in [-0.25, -0.2) is 0 Å². The van der Waals surface area contributed by atoms with Gasteiger partial charge in [0, 0.05) is 69.5 Å². The summed E-state index contributed by atoms with van der Waals surface area (Å²) in [5.74, 6) is -3.31. The van der Waals surface area contributed by atoms with Crippen molar-refractivity contribution in [1.82, 2.24) is 20.1 Å². The predicted octanol–water partition coefficient (Wildman–Crippen LogP) is 3.07. The van der Waals surface area contributed by atoms with E-state index in [0.29, 0.717) is 32.5 Å². The van der Waals surface area contributed by atoms with Crippen LogP contribution in [-0.2, 0) is 49.2 Å². The standard InChI is InChI=1S/C48H84N4O13/c1-15-36-48(10,58)43(63-37(53)20-23-49-22-19-34-18-16-17-21-50-34)32(6)52(13)27-28(2)25-46(8,57)42(65-45-39(54)35(51(11)12)24-29(3)60-45)30(4)40(31(5)44(56)62-36)64-38-26-47(9,59-14)41(55)33(7)61-38/h16-18,21,28-33,35-36,38-43,45,49,54-55,57-58H,15,19-20,22-27H2,1-14H3/t28-,29-,30+,31-,32-,33+,35+,36-,38+,39-,40+,41+,42-,43-,45+,46+,47-,48-/m1/s1. The molecular weight excluding hydrogens is 841 g/mol.